The minimum Gasteiger partial charge on any atom is -0.486 e. The van der Waals surface area contributed by atoms with Gasteiger partial charge in [0.1, 0.15) is 13.2 Å². The second kappa shape index (κ2) is 7.41. The van der Waals surface area contributed by atoms with Crippen LogP contribution in [0, 0.1) is 5.92 Å². The highest BCUT2D eigenvalue weighted by molar-refractivity contribution is 6.00. The number of rotatable bonds is 6. The summed E-state index contributed by atoms with van der Waals surface area (Å²) in [6.45, 7) is 5.77. The van der Waals surface area contributed by atoms with Crippen molar-refractivity contribution in [2.45, 2.75) is 58.0 Å². The molecule has 0 unspecified atom stereocenters. The zero-order valence-electron chi connectivity index (χ0n) is 16.1. The molecule has 1 atom stereocenters. The van der Waals surface area contributed by atoms with Crippen molar-refractivity contribution in [3.63, 3.8) is 0 Å². The number of ether oxygens (including phenoxy) is 2. The number of anilines is 1. The van der Waals surface area contributed by atoms with Crippen LogP contribution in [0.2, 0.25) is 0 Å². The van der Waals surface area contributed by atoms with Gasteiger partial charge in [0.05, 0.1) is 5.92 Å². The molecular weight excluding hydrogens is 344 g/mol. The molecule has 2 fully saturated rings. The summed E-state index contributed by atoms with van der Waals surface area (Å²) in [6.07, 6.45) is 4.40. The van der Waals surface area contributed by atoms with Gasteiger partial charge in [0.15, 0.2) is 11.5 Å². The Hall–Kier alpha value is -2.24. The minimum atomic E-state index is -0.257. The third-order valence-corrected chi connectivity index (χ3v) is 5.84. The first-order valence-corrected chi connectivity index (χ1v) is 10.1. The zero-order valence-corrected chi connectivity index (χ0v) is 16.1. The minimum absolute atomic E-state index is 0.00493. The van der Waals surface area contributed by atoms with Crippen molar-refractivity contribution in [2.24, 2.45) is 5.92 Å². The monoisotopic (exact) mass is 372 g/mol. The van der Waals surface area contributed by atoms with Crippen LogP contribution in [0.15, 0.2) is 18.2 Å². The second-order valence-corrected chi connectivity index (χ2v) is 7.68. The van der Waals surface area contributed by atoms with Crippen molar-refractivity contribution >= 4 is 17.5 Å². The number of benzene rings is 1. The molecule has 4 rings (SSSR count). The van der Waals surface area contributed by atoms with Gasteiger partial charge in [0.25, 0.3) is 0 Å². The summed E-state index contributed by atoms with van der Waals surface area (Å²) >= 11 is 0. The lowest BCUT2D eigenvalue weighted by atomic mass is 10.0. The van der Waals surface area contributed by atoms with Gasteiger partial charge in [-0.15, -0.1) is 0 Å². The summed E-state index contributed by atoms with van der Waals surface area (Å²) in [6, 6.07) is 6.22. The first-order chi connectivity index (χ1) is 13.1. The molecule has 6 nitrogen and oxygen atoms in total. The van der Waals surface area contributed by atoms with E-state index in [1.165, 1.54) is 0 Å². The van der Waals surface area contributed by atoms with Gasteiger partial charge in [0.2, 0.25) is 11.8 Å². The van der Waals surface area contributed by atoms with Crippen molar-refractivity contribution < 1.29 is 19.1 Å². The summed E-state index contributed by atoms with van der Waals surface area (Å²) in [7, 11) is 0. The molecule has 0 bridgehead atoms. The van der Waals surface area contributed by atoms with Gasteiger partial charge in [-0.3, -0.25) is 9.59 Å². The maximum atomic E-state index is 13.2. The number of fused-ring (bicyclic) bond motifs is 1. The third kappa shape index (κ3) is 3.49. The number of hydrogen-bond donors (Lipinski definition) is 0. The Morgan fingerprint density at radius 3 is 2.56 bits per heavy atom. The summed E-state index contributed by atoms with van der Waals surface area (Å²) in [5.41, 5.74) is 0.778. The van der Waals surface area contributed by atoms with Crippen LogP contribution in [-0.2, 0) is 9.59 Å². The topological polar surface area (TPSA) is 59.1 Å². The van der Waals surface area contributed by atoms with E-state index in [9.17, 15) is 9.59 Å². The fraction of sp³-hybridized carbons (Fsp3) is 0.619. The van der Waals surface area contributed by atoms with Crippen molar-refractivity contribution in [3.05, 3.63) is 18.2 Å². The van der Waals surface area contributed by atoms with E-state index in [1.54, 1.807) is 4.90 Å². The van der Waals surface area contributed by atoms with Gasteiger partial charge in [-0.2, -0.15) is 0 Å². The molecule has 1 saturated carbocycles. The molecule has 146 valence electrons. The molecule has 0 spiro atoms. The molecule has 27 heavy (non-hydrogen) atoms. The lowest BCUT2D eigenvalue weighted by Crippen LogP contribution is -2.45. The highest BCUT2D eigenvalue weighted by Crippen LogP contribution is 2.37. The van der Waals surface area contributed by atoms with Crippen molar-refractivity contribution in [3.8, 4) is 11.5 Å². The number of hydrogen-bond acceptors (Lipinski definition) is 4. The van der Waals surface area contributed by atoms with E-state index < -0.39 is 0 Å². The SMILES string of the molecule is CCC(CC)N(C(=O)[C@H]1CC(=O)N(c2ccc3c(c2)OCCO3)C1)C1CC1. The van der Waals surface area contributed by atoms with Crippen LogP contribution in [0.4, 0.5) is 5.69 Å². The lowest BCUT2D eigenvalue weighted by Gasteiger charge is -2.32. The smallest absolute Gasteiger partial charge is 0.228 e. The highest BCUT2D eigenvalue weighted by atomic mass is 16.6. The van der Waals surface area contributed by atoms with Crippen LogP contribution < -0.4 is 14.4 Å². The van der Waals surface area contributed by atoms with E-state index in [2.05, 4.69) is 18.7 Å². The maximum Gasteiger partial charge on any atom is 0.228 e. The second-order valence-electron chi connectivity index (χ2n) is 7.68. The fourth-order valence-electron chi connectivity index (χ4n) is 4.23. The van der Waals surface area contributed by atoms with E-state index >= 15 is 0 Å². The number of carbonyl (C=O) groups is 2. The van der Waals surface area contributed by atoms with Crippen molar-refractivity contribution in [2.75, 3.05) is 24.7 Å². The molecule has 6 heteroatoms. The fourth-order valence-corrected chi connectivity index (χ4v) is 4.23. The Morgan fingerprint density at radius 1 is 1.19 bits per heavy atom. The molecule has 0 N–H and O–H groups in total. The number of carbonyl (C=O) groups excluding carboxylic acids is 2. The predicted molar refractivity (Wildman–Crippen MR) is 102 cm³/mol. The highest BCUT2D eigenvalue weighted by Gasteiger charge is 2.43. The molecule has 1 aromatic rings. The molecule has 3 aliphatic rings. The Morgan fingerprint density at radius 2 is 1.89 bits per heavy atom. The van der Waals surface area contributed by atoms with Crippen LogP contribution >= 0.6 is 0 Å². The molecule has 2 heterocycles. The molecule has 0 aromatic heterocycles. The summed E-state index contributed by atoms with van der Waals surface area (Å²) < 4.78 is 11.2. The maximum absolute atomic E-state index is 13.2. The zero-order chi connectivity index (χ0) is 19.0. The van der Waals surface area contributed by atoms with E-state index in [4.69, 9.17) is 9.47 Å². The van der Waals surface area contributed by atoms with Crippen LogP contribution in [0.5, 0.6) is 11.5 Å². The van der Waals surface area contributed by atoms with E-state index in [-0.39, 0.29) is 30.2 Å². The van der Waals surface area contributed by atoms with Gasteiger partial charge in [-0.25, -0.2) is 0 Å². The average molecular weight is 372 g/mol. The summed E-state index contributed by atoms with van der Waals surface area (Å²) in [4.78, 5) is 29.7. The third-order valence-electron chi connectivity index (χ3n) is 5.84. The Kier molecular flexibility index (Phi) is 4.98. The Bertz CT molecular complexity index is 727. The van der Waals surface area contributed by atoms with Gasteiger partial charge in [-0.05, 0) is 37.8 Å². The number of nitrogens with zero attached hydrogens (tertiary/aromatic N) is 2. The average Bonchev–Trinajstić information content (AvgIpc) is 3.45. The summed E-state index contributed by atoms with van der Waals surface area (Å²) in [5.74, 6) is 1.27. The van der Waals surface area contributed by atoms with Gasteiger partial charge in [0, 0.05) is 36.8 Å². The largest absolute Gasteiger partial charge is 0.486 e. The van der Waals surface area contributed by atoms with Crippen molar-refractivity contribution in [1.82, 2.24) is 4.90 Å². The molecule has 0 radical (unpaired) electrons. The predicted octanol–water partition coefficient (Wildman–Crippen LogP) is 2.99. The molecular formula is C21H28N2O4. The van der Waals surface area contributed by atoms with Crippen LogP contribution in [0.25, 0.3) is 0 Å². The summed E-state index contributed by atoms with van der Waals surface area (Å²) in [5, 5.41) is 0. The van der Waals surface area contributed by atoms with Crippen molar-refractivity contribution in [1.29, 1.82) is 0 Å². The van der Waals surface area contributed by atoms with E-state index in [0.717, 1.165) is 31.4 Å². The van der Waals surface area contributed by atoms with Gasteiger partial charge in [-0.1, -0.05) is 13.8 Å². The van der Waals surface area contributed by atoms with Gasteiger partial charge < -0.3 is 19.3 Å². The first kappa shape index (κ1) is 18.1. The molecule has 1 aromatic carbocycles. The lowest BCUT2D eigenvalue weighted by molar-refractivity contribution is -0.139. The van der Waals surface area contributed by atoms with Gasteiger partial charge >= 0.3 is 0 Å². The Labute approximate surface area is 160 Å². The number of amides is 2. The molecule has 2 amide bonds. The molecule has 1 saturated heterocycles. The van der Waals surface area contributed by atoms with Crippen LogP contribution in [0.1, 0.15) is 46.0 Å². The first-order valence-electron chi connectivity index (χ1n) is 10.1. The quantitative estimate of drug-likeness (QED) is 0.770. The van der Waals surface area contributed by atoms with Crippen LogP contribution in [0.3, 0.4) is 0 Å². The standard InChI is InChI=1S/C21H28N2O4/c1-3-15(4-2)23(16-5-6-16)21(25)14-11-20(24)22(13-14)17-7-8-18-19(12-17)27-10-9-26-18/h7-8,12,14-16H,3-6,9-11,13H2,1-2H3/t14-/m0/s1. The van der Waals surface area contributed by atoms with E-state index in [1.807, 2.05) is 18.2 Å². The van der Waals surface area contributed by atoms with Crippen LogP contribution in [-0.4, -0.2) is 48.6 Å². The molecule has 1 aliphatic carbocycles. The Balaban J connectivity index is 1.51. The van der Waals surface area contributed by atoms with E-state index in [0.29, 0.717) is 37.3 Å². The normalized spacial score (nSPS) is 21.7. The molecule has 2 aliphatic heterocycles.